The van der Waals surface area contributed by atoms with Crippen molar-refractivity contribution in [1.82, 2.24) is 9.88 Å². The largest absolute Gasteiger partial charge is 0.507 e. The number of nitrogens with zero attached hydrogens (tertiary/aromatic N) is 2. The minimum atomic E-state index is -0.712. The molecule has 0 spiro atoms. The van der Waals surface area contributed by atoms with Gasteiger partial charge in [0.05, 0.1) is 17.9 Å². The van der Waals surface area contributed by atoms with Crippen molar-refractivity contribution in [2.75, 3.05) is 13.2 Å². The van der Waals surface area contributed by atoms with Gasteiger partial charge in [-0.05, 0) is 36.6 Å². The molecule has 0 saturated carbocycles. The zero-order chi connectivity index (χ0) is 21.0. The highest BCUT2D eigenvalue weighted by Crippen LogP contribution is 2.38. The van der Waals surface area contributed by atoms with Crippen LogP contribution >= 0.6 is 0 Å². The zero-order valence-corrected chi connectivity index (χ0v) is 17.0. The molecule has 1 fully saturated rings. The summed E-state index contributed by atoms with van der Waals surface area (Å²) in [5.74, 6) is -0.570. The molecule has 2 heterocycles. The molecule has 6 heteroatoms. The van der Waals surface area contributed by atoms with Crippen molar-refractivity contribution in [1.29, 1.82) is 0 Å². The molecule has 0 aliphatic carbocycles. The molecule has 1 amide bonds. The number of benzene rings is 1. The molecule has 152 valence electrons. The zero-order valence-electron chi connectivity index (χ0n) is 17.0. The van der Waals surface area contributed by atoms with Crippen LogP contribution < -0.4 is 4.74 Å². The smallest absolute Gasteiger partial charge is 0.295 e. The van der Waals surface area contributed by atoms with Crippen LogP contribution in [0.5, 0.6) is 5.75 Å². The van der Waals surface area contributed by atoms with Crippen LogP contribution in [0.15, 0.2) is 54.2 Å². The maximum Gasteiger partial charge on any atom is 0.295 e. The molecule has 0 radical (unpaired) electrons. The fourth-order valence-corrected chi connectivity index (χ4v) is 3.35. The fourth-order valence-electron chi connectivity index (χ4n) is 3.35. The first-order valence-corrected chi connectivity index (χ1v) is 9.86. The average molecular weight is 394 g/mol. The highest BCUT2D eigenvalue weighted by molar-refractivity contribution is 6.46. The van der Waals surface area contributed by atoms with Gasteiger partial charge in [-0.2, -0.15) is 0 Å². The number of Topliss-reactive ketones (excluding diaryl/α,β-unsaturated/α-hetero) is 1. The van der Waals surface area contributed by atoms with Gasteiger partial charge in [-0.25, -0.2) is 0 Å². The van der Waals surface area contributed by atoms with Crippen molar-refractivity contribution in [3.8, 4) is 5.75 Å². The molecular weight excluding hydrogens is 368 g/mol. The minimum Gasteiger partial charge on any atom is -0.507 e. The van der Waals surface area contributed by atoms with Gasteiger partial charge in [0.1, 0.15) is 17.6 Å². The van der Waals surface area contributed by atoms with Gasteiger partial charge in [0.25, 0.3) is 11.7 Å². The number of amides is 1. The number of carbonyl (C=O) groups excluding carboxylic acids is 2. The number of aromatic nitrogens is 1. The van der Waals surface area contributed by atoms with E-state index >= 15 is 0 Å². The topological polar surface area (TPSA) is 79.7 Å². The van der Waals surface area contributed by atoms with Gasteiger partial charge >= 0.3 is 0 Å². The number of aliphatic hydroxyl groups excluding tert-OH is 1. The van der Waals surface area contributed by atoms with Crippen molar-refractivity contribution >= 4 is 17.4 Å². The van der Waals surface area contributed by atoms with Gasteiger partial charge in [0, 0.05) is 18.3 Å². The Bertz CT molecular complexity index is 921. The van der Waals surface area contributed by atoms with Crippen LogP contribution in [0.25, 0.3) is 5.76 Å². The number of carbonyl (C=O) groups is 2. The molecule has 6 nitrogen and oxygen atoms in total. The van der Waals surface area contributed by atoms with Crippen molar-refractivity contribution < 1.29 is 19.4 Å². The molecule has 3 rings (SSSR count). The van der Waals surface area contributed by atoms with Crippen LogP contribution in [0.1, 0.15) is 44.5 Å². The maximum atomic E-state index is 12.8. The summed E-state index contributed by atoms with van der Waals surface area (Å²) in [5, 5.41) is 11.0. The van der Waals surface area contributed by atoms with Crippen molar-refractivity contribution in [3.05, 3.63) is 65.5 Å². The summed E-state index contributed by atoms with van der Waals surface area (Å²) in [6, 6.07) is 11.5. The van der Waals surface area contributed by atoms with E-state index in [4.69, 9.17) is 4.74 Å². The van der Waals surface area contributed by atoms with Gasteiger partial charge in [0.15, 0.2) is 0 Å². The minimum absolute atomic E-state index is 0.0585. The molecule has 1 atom stereocenters. The van der Waals surface area contributed by atoms with E-state index in [9.17, 15) is 14.7 Å². The Morgan fingerprint density at radius 2 is 2.00 bits per heavy atom. The summed E-state index contributed by atoms with van der Waals surface area (Å²) in [6.45, 7) is 6.97. The normalized spacial score (nSPS) is 18.5. The Balaban J connectivity index is 2.07. The van der Waals surface area contributed by atoms with E-state index in [0.717, 1.165) is 0 Å². The number of rotatable bonds is 7. The molecule has 1 aromatic carbocycles. The number of pyridine rings is 1. The summed E-state index contributed by atoms with van der Waals surface area (Å²) in [5.41, 5.74) is 1.04. The van der Waals surface area contributed by atoms with E-state index in [-0.39, 0.29) is 11.3 Å². The molecule has 2 aromatic rings. The van der Waals surface area contributed by atoms with Gasteiger partial charge in [-0.15, -0.1) is 0 Å². The Labute approximate surface area is 170 Å². The summed E-state index contributed by atoms with van der Waals surface area (Å²) in [4.78, 5) is 31.3. The van der Waals surface area contributed by atoms with Crippen LogP contribution in [0, 0.1) is 5.92 Å². The molecule has 0 bridgehead atoms. The predicted octanol–water partition coefficient (Wildman–Crippen LogP) is 3.95. The lowest BCUT2D eigenvalue weighted by molar-refractivity contribution is -0.139. The maximum absolute atomic E-state index is 12.8. The van der Waals surface area contributed by atoms with Gasteiger partial charge in [-0.3, -0.25) is 14.6 Å². The van der Waals surface area contributed by atoms with Gasteiger partial charge in [0.2, 0.25) is 0 Å². The lowest BCUT2D eigenvalue weighted by atomic mass is 9.98. The molecule has 1 N–H and O–H groups in total. The van der Waals surface area contributed by atoms with E-state index in [2.05, 4.69) is 4.98 Å². The predicted molar refractivity (Wildman–Crippen MR) is 110 cm³/mol. The van der Waals surface area contributed by atoms with Gasteiger partial charge in [-0.1, -0.05) is 39.0 Å². The summed E-state index contributed by atoms with van der Waals surface area (Å²) in [6.07, 6.45) is 2.30. The van der Waals surface area contributed by atoms with E-state index < -0.39 is 17.7 Å². The first-order chi connectivity index (χ1) is 13.9. The summed E-state index contributed by atoms with van der Waals surface area (Å²) >= 11 is 0. The number of hydrogen-bond acceptors (Lipinski definition) is 5. The summed E-state index contributed by atoms with van der Waals surface area (Å²) < 4.78 is 5.73. The highest BCUT2D eigenvalue weighted by Gasteiger charge is 2.46. The van der Waals surface area contributed by atoms with E-state index in [0.29, 0.717) is 42.5 Å². The third kappa shape index (κ3) is 4.31. The highest BCUT2D eigenvalue weighted by atomic mass is 16.5. The first-order valence-electron chi connectivity index (χ1n) is 9.86. The van der Waals surface area contributed by atoms with Crippen LogP contribution in [0.2, 0.25) is 0 Å². The Morgan fingerprint density at radius 3 is 2.66 bits per heavy atom. The third-order valence-corrected chi connectivity index (χ3v) is 4.66. The molecular formula is C23H26N2O4. The average Bonchev–Trinajstić information content (AvgIpc) is 2.98. The summed E-state index contributed by atoms with van der Waals surface area (Å²) in [7, 11) is 0. The third-order valence-electron chi connectivity index (χ3n) is 4.66. The number of ketones is 1. The standard InChI is InChI=1S/C23H26N2O4/c1-4-12-25-20(18-10-5-6-11-24-18)19(22(27)23(25)28)21(26)16-8-7-9-17(13-16)29-14-15(2)3/h5-11,13,15,20,26H,4,12,14H2,1-3H3/b21-19-. The lowest BCUT2D eigenvalue weighted by Gasteiger charge is -2.23. The van der Waals surface area contributed by atoms with Crippen molar-refractivity contribution in [2.24, 2.45) is 5.92 Å². The van der Waals surface area contributed by atoms with Crippen LogP contribution in [-0.2, 0) is 9.59 Å². The Hall–Kier alpha value is -3.15. The Morgan fingerprint density at radius 1 is 1.21 bits per heavy atom. The lowest BCUT2D eigenvalue weighted by Crippen LogP contribution is -2.30. The monoisotopic (exact) mass is 394 g/mol. The number of ether oxygens (including phenoxy) is 1. The second-order valence-corrected chi connectivity index (χ2v) is 7.48. The Kier molecular flexibility index (Phi) is 6.32. The van der Waals surface area contributed by atoms with E-state index in [1.54, 1.807) is 48.7 Å². The number of likely N-dealkylation sites (tertiary alicyclic amines) is 1. The molecule has 1 aromatic heterocycles. The van der Waals surface area contributed by atoms with Crippen LogP contribution in [-0.4, -0.2) is 39.8 Å². The van der Waals surface area contributed by atoms with Gasteiger partial charge < -0.3 is 14.7 Å². The first kappa shape index (κ1) is 20.6. The second-order valence-electron chi connectivity index (χ2n) is 7.48. The van der Waals surface area contributed by atoms with E-state index in [1.807, 2.05) is 20.8 Å². The quantitative estimate of drug-likeness (QED) is 0.437. The molecule has 1 unspecified atom stereocenters. The van der Waals surface area contributed by atoms with E-state index in [1.165, 1.54) is 4.90 Å². The van der Waals surface area contributed by atoms with Crippen LogP contribution in [0.3, 0.4) is 0 Å². The second kappa shape index (κ2) is 8.90. The molecule has 29 heavy (non-hydrogen) atoms. The fraction of sp³-hybridized carbons (Fsp3) is 0.348. The van der Waals surface area contributed by atoms with Crippen LogP contribution in [0.4, 0.5) is 0 Å². The van der Waals surface area contributed by atoms with Crippen molar-refractivity contribution in [2.45, 2.75) is 33.2 Å². The molecule has 1 aliphatic rings. The van der Waals surface area contributed by atoms with Crippen molar-refractivity contribution in [3.63, 3.8) is 0 Å². The number of aliphatic hydroxyl groups is 1. The molecule has 1 saturated heterocycles. The molecule has 1 aliphatic heterocycles. The number of hydrogen-bond donors (Lipinski definition) is 1. The SMILES string of the molecule is CCCN1C(=O)C(=O)/C(=C(\O)c2cccc(OCC(C)C)c2)C1c1ccccn1.